The first kappa shape index (κ1) is 18.7. The van der Waals surface area contributed by atoms with Gasteiger partial charge < -0.3 is 10.1 Å². The summed E-state index contributed by atoms with van der Waals surface area (Å²) in [5.41, 5.74) is 1.39. The molecule has 1 amide bonds. The summed E-state index contributed by atoms with van der Waals surface area (Å²) < 4.78 is 7.33. The third-order valence-corrected chi connectivity index (χ3v) is 5.52. The Labute approximate surface area is 165 Å². The Bertz CT molecular complexity index is 1060. The van der Waals surface area contributed by atoms with Gasteiger partial charge in [-0.1, -0.05) is 23.9 Å². The molecule has 1 aromatic carbocycles. The fraction of sp³-hybridized carbons (Fsp3) is 0.368. The first-order chi connectivity index (χ1) is 13.6. The van der Waals surface area contributed by atoms with Crippen LogP contribution in [0.4, 0.5) is 5.82 Å². The van der Waals surface area contributed by atoms with Crippen LogP contribution in [0, 0.1) is 6.92 Å². The van der Waals surface area contributed by atoms with Crippen molar-refractivity contribution in [2.24, 2.45) is 0 Å². The summed E-state index contributed by atoms with van der Waals surface area (Å²) in [6.45, 7) is 3.02. The molecule has 9 heteroatoms. The largest absolute Gasteiger partial charge is 0.376 e. The standard InChI is InChI=1S/C19H21N5O3S/c1-12-9-16(23-22-12)21-17(25)11-28-19-20-15-7-3-2-6-14(15)18(26)24(19)10-13-5-4-8-27-13/h2-3,6-7,9,13H,4-5,8,10-11H2,1H3,(H2,21,22,23,25). The Hall–Kier alpha value is -2.65. The highest BCUT2D eigenvalue weighted by atomic mass is 32.2. The van der Waals surface area contributed by atoms with Crippen molar-refractivity contribution < 1.29 is 9.53 Å². The molecule has 146 valence electrons. The molecule has 0 bridgehead atoms. The number of rotatable bonds is 6. The van der Waals surface area contributed by atoms with Crippen molar-refractivity contribution >= 4 is 34.4 Å². The quantitative estimate of drug-likeness (QED) is 0.487. The summed E-state index contributed by atoms with van der Waals surface area (Å²) in [6.07, 6.45) is 1.91. The fourth-order valence-corrected chi connectivity index (χ4v) is 4.01. The van der Waals surface area contributed by atoms with Gasteiger partial charge in [-0.25, -0.2) is 4.98 Å². The number of anilines is 1. The lowest BCUT2D eigenvalue weighted by atomic mass is 10.2. The molecular weight excluding hydrogens is 378 g/mol. The Morgan fingerprint density at radius 3 is 3.04 bits per heavy atom. The number of thioether (sulfide) groups is 1. The molecule has 0 spiro atoms. The van der Waals surface area contributed by atoms with Crippen LogP contribution in [0.2, 0.25) is 0 Å². The second-order valence-electron chi connectivity index (χ2n) is 6.74. The molecule has 1 aliphatic rings. The van der Waals surface area contributed by atoms with Crippen molar-refractivity contribution in [2.75, 3.05) is 17.7 Å². The zero-order chi connectivity index (χ0) is 19.5. The van der Waals surface area contributed by atoms with Crippen LogP contribution in [0.1, 0.15) is 18.5 Å². The molecule has 2 N–H and O–H groups in total. The molecule has 1 unspecified atom stereocenters. The van der Waals surface area contributed by atoms with E-state index in [0.29, 0.717) is 35.0 Å². The van der Waals surface area contributed by atoms with Crippen molar-refractivity contribution in [3.05, 3.63) is 46.4 Å². The summed E-state index contributed by atoms with van der Waals surface area (Å²) in [5, 5.41) is 10.6. The molecule has 1 atom stereocenters. The first-order valence-electron chi connectivity index (χ1n) is 9.16. The monoisotopic (exact) mass is 399 g/mol. The Kier molecular flexibility index (Phi) is 5.45. The lowest BCUT2D eigenvalue weighted by Crippen LogP contribution is -2.29. The predicted octanol–water partition coefficient (Wildman–Crippen LogP) is 2.34. The number of carbonyl (C=O) groups excluding carboxylic acids is 1. The highest BCUT2D eigenvalue weighted by Gasteiger charge is 2.20. The fourth-order valence-electron chi connectivity index (χ4n) is 3.20. The molecule has 0 saturated carbocycles. The van der Waals surface area contributed by atoms with Gasteiger partial charge in [0.15, 0.2) is 11.0 Å². The number of ether oxygens (including phenoxy) is 1. The zero-order valence-corrected chi connectivity index (χ0v) is 16.3. The summed E-state index contributed by atoms with van der Waals surface area (Å²) in [7, 11) is 0. The number of fused-ring (bicyclic) bond motifs is 1. The minimum Gasteiger partial charge on any atom is -0.376 e. The molecule has 3 heterocycles. The first-order valence-corrected chi connectivity index (χ1v) is 10.1. The average molecular weight is 399 g/mol. The SMILES string of the molecule is Cc1cc(NC(=O)CSc2nc3ccccc3c(=O)n2CC2CCCO2)n[nH]1. The number of benzene rings is 1. The van der Waals surface area contributed by atoms with E-state index in [2.05, 4.69) is 20.5 Å². The third-order valence-electron chi connectivity index (χ3n) is 4.54. The highest BCUT2D eigenvalue weighted by molar-refractivity contribution is 7.99. The van der Waals surface area contributed by atoms with Crippen LogP contribution in [0.3, 0.4) is 0 Å². The van der Waals surface area contributed by atoms with E-state index in [4.69, 9.17) is 4.74 Å². The molecule has 3 aromatic rings. The van der Waals surface area contributed by atoms with Gasteiger partial charge in [0.1, 0.15) is 0 Å². The maximum Gasteiger partial charge on any atom is 0.262 e. The van der Waals surface area contributed by atoms with Crippen molar-refractivity contribution in [1.82, 2.24) is 19.7 Å². The van der Waals surface area contributed by atoms with Crippen molar-refractivity contribution in [3.8, 4) is 0 Å². The number of aromatic amines is 1. The van der Waals surface area contributed by atoms with Gasteiger partial charge in [-0.15, -0.1) is 0 Å². The topological polar surface area (TPSA) is 102 Å². The zero-order valence-electron chi connectivity index (χ0n) is 15.5. The van der Waals surface area contributed by atoms with Crippen LogP contribution in [-0.2, 0) is 16.1 Å². The van der Waals surface area contributed by atoms with Gasteiger partial charge in [0.05, 0.1) is 29.3 Å². The number of hydrogen-bond acceptors (Lipinski definition) is 6. The molecule has 8 nitrogen and oxygen atoms in total. The summed E-state index contributed by atoms with van der Waals surface area (Å²) in [6, 6.07) is 9.01. The molecule has 28 heavy (non-hydrogen) atoms. The van der Waals surface area contributed by atoms with E-state index in [0.717, 1.165) is 18.5 Å². The van der Waals surface area contributed by atoms with Crippen LogP contribution in [-0.4, -0.2) is 44.1 Å². The lowest BCUT2D eigenvalue weighted by Gasteiger charge is -2.16. The number of aryl methyl sites for hydroxylation is 1. The molecule has 4 rings (SSSR count). The number of nitrogens with one attached hydrogen (secondary N) is 2. The average Bonchev–Trinajstić information content (AvgIpc) is 3.34. The molecular formula is C19H21N5O3S. The number of H-pyrrole nitrogens is 1. The van der Waals surface area contributed by atoms with E-state index in [-0.39, 0.29) is 23.3 Å². The molecule has 1 fully saturated rings. The van der Waals surface area contributed by atoms with Gasteiger partial charge in [-0.2, -0.15) is 5.10 Å². The molecule has 2 aromatic heterocycles. The number of aromatic nitrogens is 4. The minimum atomic E-state index is -0.206. The number of amides is 1. The van der Waals surface area contributed by atoms with Crippen LogP contribution in [0.25, 0.3) is 10.9 Å². The van der Waals surface area contributed by atoms with E-state index in [1.165, 1.54) is 11.8 Å². The minimum absolute atomic E-state index is 0.000805. The van der Waals surface area contributed by atoms with Crippen LogP contribution < -0.4 is 10.9 Å². The number of carbonyl (C=O) groups is 1. The van der Waals surface area contributed by atoms with E-state index in [1.807, 2.05) is 25.1 Å². The summed E-state index contributed by atoms with van der Waals surface area (Å²) in [4.78, 5) is 29.9. The van der Waals surface area contributed by atoms with Gasteiger partial charge in [-0.05, 0) is 31.9 Å². The number of nitrogens with zero attached hydrogens (tertiary/aromatic N) is 3. The van der Waals surface area contributed by atoms with Gasteiger partial charge in [0.2, 0.25) is 5.91 Å². The number of para-hydroxylation sites is 1. The highest BCUT2D eigenvalue weighted by Crippen LogP contribution is 2.21. The second-order valence-corrected chi connectivity index (χ2v) is 7.68. The Morgan fingerprint density at radius 1 is 1.43 bits per heavy atom. The van der Waals surface area contributed by atoms with Crippen molar-refractivity contribution in [3.63, 3.8) is 0 Å². The van der Waals surface area contributed by atoms with Crippen LogP contribution in [0.5, 0.6) is 0 Å². The molecule has 0 aliphatic carbocycles. The Morgan fingerprint density at radius 2 is 2.29 bits per heavy atom. The maximum absolute atomic E-state index is 13.0. The van der Waals surface area contributed by atoms with E-state index < -0.39 is 0 Å². The number of hydrogen-bond donors (Lipinski definition) is 2. The summed E-state index contributed by atoms with van der Waals surface area (Å²) >= 11 is 1.24. The predicted molar refractivity (Wildman–Crippen MR) is 108 cm³/mol. The lowest BCUT2D eigenvalue weighted by molar-refractivity contribution is -0.113. The maximum atomic E-state index is 13.0. The van der Waals surface area contributed by atoms with Gasteiger partial charge >= 0.3 is 0 Å². The smallest absolute Gasteiger partial charge is 0.262 e. The van der Waals surface area contributed by atoms with Crippen LogP contribution >= 0.6 is 11.8 Å². The molecule has 1 aliphatic heterocycles. The normalized spacial score (nSPS) is 16.5. The van der Waals surface area contributed by atoms with E-state index in [9.17, 15) is 9.59 Å². The van der Waals surface area contributed by atoms with Gasteiger partial charge in [0.25, 0.3) is 5.56 Å². The molecule has 1 saturated heterocycles. The summed E-state index contributed by atoms with van der Waals surface area (Å²) in [5.74, 6) is 0.399. The second kappa shape index (κ2) is 8.15. The van der Waals surface area contributed by atoms with Gasteiger partial charge in [0, 0.05) is 18.4 Å². The van der Waals surface area contributed by atoms with Crippen molar-refractivity contribution in [1.29, 1.82) is 0 Å². The van der Waals surface area contributed by atoms with E-state index in [1.54, 1.807) is 16.7 Å². The Balaban J connectivity index is 1.57. The van der Waals surface area contributed by atoms with E-state index >= 15 is 0 Å². The molecule has 0 radical (unpaired) electrons. The van der Waals surface area contributed by atoms with Crippen molar-refractivity contribution in [2.45, 2.75) is 37.6 Å². The van der Waals surface area contributed by atoms with Gasteiger partial charge in [-0.3, -0.25) is 19.3 Å². The van der Waals surface area contributed by atoms with Crippen LogP contribution in [0.15, 0.2) is 40.3 Å². The third kappa shape index (κ3) is 4.10.